The van der Waals surface area contributed by atoms with Crippen LogP contribution >= 0.6 is 0 Å². The maximum atomic E-state index is 13.6. The van der Waals surface area contributed by atoms with E-state index in [2.05, 4.69) is 0 Å². The van der Waals surface area contributed by atoms with Crippen LogP contribution in [0.15, 0.2) is 18.2 Å². The Bertz CT molecular complexity index is 497. The maximum absolute atomic E-state index is 13.6. The number of carbonyl (C=O) groups is 2. The summed E-state index contributed by atoms with van der Waals surface area (Å²) in [4.78, 5) is 24.1. The number of benzene rings is 1. The summed E-state index contributed by atoms with van der Waals surface area (Å²) >= 11 is 0. The number of halogens is 1. The van der Waals surface area contributed by atoms with Crippen molar-refractivity contribution in [3.63, 3.8) is 0 Å². The predicted molar refractivity (Wildman–Crippen MR) is 62.8 cm³/mol. The minimum atomic E-state index is -1.08. The molecule has 18 heavy (non-hydrogen) atoms. The molecule has 0 aliphatic heterocycles. The molecule has 1 aromatic rings. The van der Waals surface area contributed by atoms with Crippen molar-refractivity contribution in [2.75, 3.05) is 6.54 Å². The van der Waals surface area contributed by atoms with E-state index in [0.717, 1.165) is 18.4 Å². The zero-order chi connectivity index (χ0) is 13.3. The Kier molecular flexibility index (Phi) is 3.32. The summed E-state index contributed by atoms with van der Waals surface area (Å²) in [5.41, 5.74) is 0.717. The number of hydrogen-bond acceptors (Lipinski definition) is 2. The number of aliphatic carboxylic acids is 1. The first-order valence-corrected chi connectivity index (χ1v) is 5.78. The molecular formula is C13H14FNO3. The molecule has 0 saturated heterocycles. The second-order valence-electron chi connectivity index (χ2n) is 4.54. The lowest BCUT2D eigenvalue weighted by Crippen LogP contribution is -2.37. The van der Waals surface area contributed by atoms with Gasteiger partial charge in [0.1, 0.15) is 12.4 Å². The number of hydrogen-bond donors (Lipinski definition) is 1. The zero-order valence-electron chi connectivity index (χ0n) is 10.0. The van der Waals surface area contributed by atoms with Crippen LogP contribution in [-0.2, 0) is 4.79 Å². The van der Waals surface area contributed by atoms with E-state index in [0.29, 0.717) is 0 Å². The molecule has 1 fully saturated rings. The molecule has 1 aliphatic rings. The van der Waals surface area contributed by atoms with Crippen molar-refractivity contribution >= 4 is 11.9 Å². The van der Waals surface area contributed by atoms with Crippen LogP contribution in [0.2, 0.25) is 0 Å². The van der Waals surface area contributed by atoms with Gasteiger partial charge in [-0.15, -0.1) is 0 Å². The van der Waals surface area contributed by atoms with Gasteiger partial charge in [0, 0.05) is 6.04 Å². The predicted octanol–water partition coefficient (Wildman–Crippen LogP) is 1.82. The lowest BCUT2D eigenvalue weighted by Gasteiger charge is -2.20. The van der Waals surface area contributed by atoms with Crippen LogP contribution in [0, 0.1) is 12.7 Å². The molecule has 0 unspecified atom stereocenters. The summed E-state index contributed by atoms with van der Waals surface area (Å²) in [6, 6.07) is 4.20. The van der Waals surface area contributed by atoms with Crippen LogP contribution in [0.1, 0.15) is 28.8 Å². The van der Waals surface area contributed by atoms with Gasteiger partial charge in [0.05, 0.1) is 5.56 Å². The van der Waals surface area contributed by atoms with Crippen molar-refractivity contribution in [2.24, 2.45) is 0 Å². The molecule has 5 heteroatoms. The Labute approximate surface area is 104 Å². The van der Waals surface area contributed by atoms with E-state index >= 15 is 0 Å². The fourth-order valence-corrected chi connectivity index (χ4v) is 1.86. The Hall–Kier alpha value is -1.91. The van der Waals surface area contributed by atoms with Crippen molar-refractivity contribution in [2.45, 2.75) is 25.8 Å². The molecule has 1 saturated carbocycles. The molecule has 1 aromatic carbocycles. The number of aryl methyl sites for hydroxylation is 1. The summed E-state index contributed by atoms with van der Waals surface area (Å²) in [7, 11) is 0. The molecule has 0 aromatic heterocycles. The quantitative estimate of drug-likeness (QED) is 0.888. The monoisotopic (exact) mass is 251 g/mol. The van der Waals surface area contributed by atoms with Gasteiger partial charge in [-0.05, 0) is 31.9 Å². The highest BCUT2D eigenvalue weighted by Gasteiger charge is 2.35. The van der Waals surface area contributed by atoms with Gasteiger partial charge in [0.25, 0.3) is 5.91 Å². The van der Waals surface area contributed by atoms with Crippen molar-refractivity contribution in [3.05, 3.63) is 35.1 Å². The van der Waals surface area contributed by atoms with Crippen molar-refractivity contribution < 1.29 is 19.1 Å². The Morgan fingerprint density at radius 2 is 2.11 bits per heavy atom. The molecule has 0 heterocycles. The smallest absolute Gasteiger partial charge is 0.323 e. The van der Waals surface area contributed by atoms with Gasteiger partial charge in [-0.1, -0.05) is 11.6 Å². The van der Waals surface area contributed by atoms with E-state index in [1.807, 2.05) is 0 Å². The first-order valence-electron chi connectivity index (χ1n) is 5.78. The molecule has 0 atom stereocenters. The largest absolute Gasteiger partial charge is 0.480 e. The van der Waals surface area contributed by atoms with E-state index < -0.39 is 17.7 Å². The summed E-state index contributed by atoms with van der Waals surface area (Å²) in [5.74, 6) is -2.23. The molecule has 1 N–H and O–H groups in total. The van der Waals surface area contributed by atoms with Crippen molar-refractivity contribution in [1.82, 2.24) is 4.90 Å². The average Bonchev–Trinajstić information content (AvgIpc) is 3.12. The second-order valence-corrected chi connectivity index (χ2v) is 4.54. The van der Waals surface area contributed by atoms with E-state index in [4.69, 9.17) is 5.11 Å². The summed E-state index contributed by atoms with van der Waals surface area (Å²) in [6.07, 6.45) is 1.57. The number of rotatable bonds is 4. The van der Waals surface area contributed by atoms with E-state index in [1.54, 1.807) is 13.0 Å². The Morgan fingerprint density at radius 3 is 2.67 bits per heavy atom. The van der Waals surface area contributed by atoms with Crippen LogP contribution in [0.25, 0.3) is 0 Å². The van der Waals surface area contributed by atoms with Gasteiger partial charge < -0.3 is 10.0 Å². The SMILES string of the molecule is Cc1ccc(F)c(C(=O)N(CC(=O)O)C2CC2)c1. The van der Waals surface area contributed by atoms with Crippen molar-refractivity contribution in [1.29, 1.82) is 0 Å². The number of nitrogens with zero attached hydrogens (tertiary/aromatic N) is 1. The van der Waals surface area contributed by atoms with Crippen LogP contribution in [0.5, 0.6) is 0 Å². The molecule has 0 bridgehead atoms. The van der Waals surface area contributed by atoms with Gasteiger partial charge in [-0.2, -0.15) is 0 Å². The third-order valence-electron chi connectivity index (χ3n) is 2.91. The first-order chi connectivity index (χ1) is 8.49. The zero-order valence-corrected chi connectivity index (χ0v) is 10.0. The van der Waals surface area contributed by atoms with E-state index in [-0.39, 0.29) is 18.2 Å². The normalized spacial score (nSPS) is 14.3. The number of carbonyl (C=O) groups excluding carboxylic acids is 1. The molecule has 4 nitrogen and oxygen atoms in total. The fraction of sp³-hybridized carbons (Fsp3) is 0.385. The average molecular weight is 251 g/mol. The fourth-order valence-electron chi connectivity index (χ4n) is 1.86. The number of carboxylic acid groups (broad SMARTS) is 1. The van der Waals surface area contributed by atoms with E-state index in [1.165, 1.54) is 17.0 Å². The second kappa shape index (κ2) is 4.76. The molecule has 0 spiro atoms. The molecule has 96 valence electrons. The Morgan fingerprint density at radius 1 is 1.44 bits per heavy atom. The van der Waals surface area contributed by atoms with Gasteiger partial charge in [0.15, 0.2) is 0 Å². The maximum Gasteiger partial charge on any atom is 0.323 e. The minimum absolute atomic E-state index is 0.0526. The molecule has 2 rings (SSSR count). The summed E-state index contributed by atoms with van der Waals surface area (Å²) < 4.78 is 13.6. The number of amides is 1. The van der Waals surface area contributed by atoms with Gasteiger partial charge in [-0.25, -0.2) is 4.39 Å². The highest BCUT2D eigenvalue weighted by Crippen LogP contribution is 2.28. The molecule has 1 aliphatic carbocycles. The van der Waals surface area contributed by atoms with Crippen LogP contribution < -0.4 is 0 Å². The highest BCUT2D eigenvalue weighted by molar-refractivity contribution is 5.96. The lowest BCUT2D eigenvalue weighted by atomic mass is 10.1. The van der Waals surface area contributed by atoms with E-state index in [9.17, 15) is 14.0 Å². The lowest BCUT2D eigenvalue weighted by molar-refractivity contribution is -0.137. The topological polar surface area (TPSA) is 57.6 Å². The standard InChI is InChI=1S/C13H14FNO3/c1-8-2-5-11(14)10(6-8)13(18)15(7-12(16)17)9-3-4-9/h2,5-6,9H,3-4,7H2,1H3,(H,16,17). The first kappa shape index (κ1) is 12.5. The van der Waals surface area contributed by atoms with Gasteiger partial charge >= 0.3 is 5.97 Å². The minimum Gasteiger partial charge on any atom is -0.480 e. The Balaban J connectivity index is 2.27. The highest BCUT2D eigenvalue weighted by atomic mass is 19.1. The van der Waals surface area contributed by atoms with Crippen LogP contribution in [0.4, 0.5) is 4.39 Å². The van der Waals surface area contributed by atoms with Crippen molar-refractivity contribution in [3.8, 4) is 0 Å². The molecule has 1 amide bonds. The third kappa shape index (κ3) is 2.67. The summed E-state index contributed by atoms with van der Waals surface area (Å²) in [6.45, 7) is 1.38. The van der Waals surface area contributed by atoms with Crippen LogP contribution in [0.3, 0.4) is 0 Å². The third-order valence-corrected chi connectivity index (χ3v) is 2.91. The number of carboxylic acids is 1. The molecule has 0 radical (unpaired) electrons. The van der Waals surface area contributed by atoms with Gasteiger partial charge in [0.2, 0.25) is 0 Å². The molecular weight excluding hydrogens is 237 g/mol. The van der Waals surface area contributed by atoms with Gasteiger partial charge in [-0.3, -0.25) is 9.59 Å². The summed E-state index contributed by atoms with van der Waals surface area (Å²) in [5, 5.41) is 8.79. The van der Waals surface area contributed by atoms with Crippen LogP contribution in [-0.4, -0.2) is 34.5 Å².